The zero-order valence-corrected chi connectivity index (χ0v) is 18.6. The first-order valence-corrected chi connectivity index (χ1v) is 10.3. The van der Waals surface area contributed by atoms with Crippen molar-refractivity contribution in [2.75, 3.05) is 32.0 Å². The van der Waals surface area contributed by atoms with Gasteiger partial charge in [-0.3, -0.25) is 0 Å². The minimum absolute atomic E-state index is 0.246. The quantitative estimate of drug-likeness (QED) is 0.455. The van der Waals surface area contributed by atoms with Crippen molar-refractivity contribution < 1.29 is 18.6 Å². The lowest BCUT2D eigenvalue weighted by atomic mass is 9.91. The molecule has 0 spiro atoms. The Balaban J connectivity index is 1.53. The molecule has 0 aliphatic heterocycles. The number of benzene rings is 1. The van der Waals surface area contributed by atoms with E-state index in [9.17, 15) is 4.39 Å². The monoisotopic (exact) mass is 458 g/mol. The molecule has 1 aliphatic carbocycles. The second-order valence-corrected chi connectivity index (χ2v) is 7.54. The first-order valence-electron chi connectivity index (χ1n) is 9.93. The topological polar surface area (TPSA) is 102 Å². The van der Waals surface area contributed by atoms with Gasteiger partial charge in [-0.25, -0.2) is 19.3 Å². The third kappa shape index (κ3) is 4.57. The Bertz CT molecular complexity index is 1120. The number of ether oxygens (including phenoxy) is 3. The Kier molecular flexibility index (Phi) is 6.35. The fourth-order valence-corrected chi connectivity index (χ4v) is 3.53. The second-order valence-electron chi connectivity index (χ2n) is 7.13. The number of nitrogens with one attached hydrogen (secondary N) is 3. The Hall–Kier alpha value is -3.47. The van der Waals surface area contributed by atoms with E-state index in [4.69, 9.17) is 26.4 Å². The van der Waals surface area contributed by atoms with Crippen LogP contribution < -0.4 is 30.2 Å². The van der Waals surface area contributed by atoms with Crippen molar-refractivity contribution in [3.8, 4) is 17.2 Å². The molecule has 0 amide bonds. The second kappa shape index (κ2) is 9.35. The lowest BCUT2D eigenvalue weighted by Gasteiger charge is -2.31. The van der Waals surface area contributed by atoms with E-state index in [0.717, 1.165) is 6.42 Å². The molecule has 0 bridgehead atoms. The van der Waals surface area contributed by atoms with Crippen molar-refractivity contribution in [3.05, 3.63) is 30.5 Å². The first-order chi connectivity index (χ1) is 15.5. The Morgan fingerprint density at radius 1 is 1.03 bits per heavy atom. The summed E-state index contributed by atoms with van der Waals surface area (Å²) in [5.41, 5.74) is 1.71. The molecule has 2 aromatic heterocycles. The van der Waals surface area contributed by atoms with Gasteiger partial charge in [0.2, 0.25) is 5.75 Å². The van der Waals surface area contributed by atoms with Gasteiger partial charge in [-0.1, -0.05) is 0 Å². The predicted molar refractivity (Wildman–Crippen MR) is 124 cm³/mol. The third-order valence-electron chi connectivity index (χ3n) is 5.09. The van der Waals surface area contributed by atoms with Crippen molar-refractivity contribution in [1.82, 2.24) is 20.3 Å². The highest BCUT2D eigenvalue weighted by molar-refractivity contribution is 7.80. The maximum atomic E-state index is 13.4. The van der Waals surface area contributed by atoms with Gasteiger partial charge in [0.1, 0.15) is 17.5 Å². The summed E-state index contributed by atoms with van der Waals surface area (Å²) in [7, 11) is 4.64. The first kappa shape index (κ1) is 21.8. The third-order valence-corrected chi connectivity index (χ3v) is 5.31. The molecule has 32 heavy (non-hydrogen) atoms. The van der Waals surface area contributed by atoms with Crippen LogP contribution in [-0.2, 0) is 0 Å². The summed E-state index contributed by atoms with van der Waals surface area (Å²) in [6.07, 6.45) is 2.06. The number of pyridine rings is 1. The SMILES string of the molecule is COc1cc(Nc2cnc3ccc(NC(=S)NC4CCC4F)nc3n2)cc(OC)c1OC. The summed E-state index contributed by atoms with van der Waals surface area (Å²) in [5.74, 6) is 2.48. The zero-order chi connectivity index (χ0) is 22.7. The maximum Gasteiger partial charge on any atom is 0.203 e. The van der Waals surface area contributed by atoms with Gasteiger partial charge in [0.05, 0.1) is 33.6 Å². The van der Waals surface area contributed by atoms with E-state index in [2.05, 4.69) is 30.9 Å². The number of hydrogen-bond donors (Lipinski definition) is 3. The van der Waals surface area contributed by atoms with Gasteiger partial charge in [-0.05, 0) is 37.2 Å². The molecule has 168 valence electrons. The van der Waals surface area contributed by atoms with Crippen molar-refractivity contribution in [2.45, 2.75) is 25.1 Å². The number of nitrogens with zero attached hydrogens (tertiary/aromatic N) is 3. The molecular formula is C21H23FN6O3S. The van der Waals surface area contributed by atoms with E-state index in [0.29, 0.717) is 57.3 Å². The Morgan fingerprint density at radius 3 is 2.34 bits per heavy atom. The molecular weight excluding hydrogens is 435 g/mol. The van der Waals surface area contributed by atoms with Crippen molar-refractivity contribution in [2.24, 2.45) is 0 Å². The Labute approximate surface area is 189 Å². The number of thiocarbonyl (C=S) groups is 1. The summed E-state index contributed by atoms with van der Waals surface area (Å²) < 4.78 is 29.6. The van der Waals surface area contributed by atoms with Gasteiger partial charge >= 0.3 is 0 Å². The average molecular weight is 459 g/mol. The fraction of sp³-hybridized carbons (Fsp3) is 0.333. The fourth-order valence-electron chi connectivity index (χ4n) is 3.27. The van der Waals surface area contributed by atoms with Gasteiger partial charge in [0.25, 0.3) is 0 Å². The summed E-state index contributed by atoms with van der Waals surface area (Å²) in [6.45, 7) is 0. The van der Waals surface area contributed by atoms with Crippen molar-refractivity contribution >= 4 is 45.8 Å². The van der Waals surface area contributed by atoms with E-state index >= 15 is 0 Å². The normalized spacial score (nSPS) is 17.2. The van der Waals surface area contributed by atoms with Crippen LogP contribution in [0.4, 0.5) is 21.7 Å². The molecule has 0 radical (unpaired) electrons. The molecule has 3 N–H and O–H groups in total. The number of alkyl halides is 1. The summed E-state index contributed by atoms with van der Waals surface area (Å²) in [4.78, 5) is 13.4. The van der Waals surface area contributed by atoms with Crippen molar-refractivity contribution in [1.29, 1.82) is 0 Å². The number of fused-ring (bicyclic) bond motifs is 1. The van der Waals surface area contributed by atoms with Gasteiger partial charge in [0.15, 0.2) is 28.1 Å². The summed E-state index contributed by atoms with van der Waals surface area (Å²) in [5, 5.41) is 9.43. The largest absolute Gasteiger partial charge is 0.493 e. The summed E-state index contributed by atoms with van der Waals surface area (Å²) >= 11 is 5.26. The van der Waals surface area contributed by atoms with Crippen molar-refractivity contribution in [3.63, 3.8) is 0 Å². The standard InChI is InChI=1S/C21H23FN6O3S/c1-29-15-8-11(9-16(30-2)19(15)31-3)24-18-10-23-14-6-7-17(26-20(14)27-18)28-21(32)25-13-5-4-12(13)22/h6-10,12-13H,4-5H2,1-3H3,(H3,24,25,26,27,28,32). The lowest BCUT2D eigenvalue weighted by Crippen LogP contribution is -2.49. The van der Waals surface area contributed by atoms with E-state index in [1.807, 2.05) is 0 Å². The van der Waals surface area contributed by atoms with Crippen LogP contribution in [0, 0.1) is 0 Å². The molecule has 1 aliphatic rings. The summed E-state index contributed by atoms with van der Waals surface area (Å²) in [6, 6.07) is 6.81. The molecule has 3 aromatic rings. The minimum Gasteiger partial charge on any atom is -0.493 e. The van der Waals surface area contributed by atoms with Gasteiger partial charge in [-0.15, -0.1) is 0 Å². The molecule has 2 unspecified atom stereocenters. The Morgan fingerprint density at radius 2 is 1.75 bits per heavy atom. The number of rotatable bonds is 7. The maximum absolute atomic E-state index is 13.4. The van der Waals surface area contributed by atoms with Crippen LogP contribution in [0.5, 0.6) is 17.2 Å². The lowest BCUT2D eigenvalue weighted by molar-refractivity contribution is 0.159. The minimum atomic E-state index is -0.867. The molecule has 1 aromatic carbocycles. The molecule has 11 heteroatoms. The van der Waals surface area contributed by atoms with Crippen LogP contribution in [0.25, 0.3) is 11.2 Å². The number of halogens is 1. The number of aromatic nitrogens is 3. The molecule has 9 nitrogen and oxygen atoms in total. The van der Waals surface area contributed by atoms with Crippen LogP contribution in [-0.4, -0.2) is 53.6 Å². The molecule has 2 atom stereocenters. The van der Waals surface area contributed by atoms with E-state index in [1.165, 1.54) is 0 Å². The molecule has 1 saturated carbocycles. The van der Waals surface area contributed by atoms with Crippen LogP contribution >= 0.6 is 12.2 Å². The van der Waals surface area contributed by atoms with Crippen LogP contribution in [0.1, 0.15) is 12.8 Å². The smallest absolute Gasteiger partial charge is 0.203 e. The predicted octanol–water partition coefficient (Wildman–Crippen LogP) is 3.58. The van der Waals surface area contributed by atoms with E-state index in [1.54, 1.807) is 51.8 Å². The average Bonchev–Trinajstić information content (AvgIpc) is 2.80. The zero-order valence-electron chi connectivity index (χ0n) is 17.8. The molecule has 2 heterocycles. The van der Waals surface area contributed by atoms with Gasteiger partial charge in [0, 0.05) is 17.8 Å². The van der Waals surface area contributed by atoms with Gasteiger partial charge < -0.3 is 30.2 Å². The number of hydrogen-bond acceptors (Lipinski definition) is 8. The highest BCUT2D eigenvalue weighted by Gasteiger charge is 2.31. The molecule has 1 fully saturated rings. The molecule has 0 saturated heterocycles. The highest BCUT2D eigenvalue weighted by atomic mass is 32.1. The van der Waals surface area contributed by atoms with Crippen LogP contribution in [0.2, 0.25) is 0 Å². The number of methoxy groups -OCH3 is 3. The van der Waals surface area contributed by atoms with Gasteiger partial charge in [-0.2, -0.15) is 0 Å². The van der Waals surface area contributed by atoms with E-state index in [-0.39, 0.29) is 6.04 Å². The number of anilines is 3. The highest BCUT2D eigenvalue weighted by Crippen LogP contribution is 2.40. The van der Waals surface area contributed by atoms with E-state index < -0.39 is 6.17 Å². The molecule has 4 rings (SSSR count). The van der Waals surface area contributed by atoms with Crippen LogP contribution in [0.15, 0.2) is 30.5 Å². The van der Waals surface area contributed by atoms with Crippen LogP contribution in [0.3, 0.4) is 0 Å².